The van der Waals surface area contributed by atoms with Crippen LogP contribution in [0.1, 0.15) is 48.2 Å². The predicted molar refractivity (Wildman–Crippen MR) is 108 cm³/mol. The maximum Gasteiger partial charge on any atom is 0.152 e. The first-order chi connectivity index (χ1) is 13.7. The van der Waals surface area contributed by atoms with Crippen molar-refractivity contribution in [2.75, 3.05) is 19.6 Å². The molecule has 0 aliphatic carbocycles. The van der Waals surface area contributed by atoms with Gasteiger partial charge in [0.1, 0.15) is 11.6 Å². The van der Waals surface area contributed by atoms with Crippen LogP contribution in [-0.4, -0.2) is 53.8 Å². The number of rotatable bonds is 7. The van der Waals surface area contributed by atoms with Crippen molar-refractivity contribution in [3.8, 4) is 0 Å². The van der Waals surface area contributed by atoms with Gasteiger partial charge < -0.3 is 14.0 Å². The summed E-state index contributed by atoms with van der Waals surface area (Å²) in [5.74, 6) is 3.63. The predicted octanol–water partition coefficient (Wildman–Crippen LogP) is 2.58. The van der Waals surface area contributed by atoms with E-state index in [1.807, 2.05) is 37.8 Å². The smallest absolute Gasteiger partial charge is 0.152 e. The van der Waals surface area contributed by atoms with E-state index in [2.05, 4.69) is 47.3 Å². The maximum atomic E-state index is 4.53. The number of aryl methyl sites for hydroxylation is 2. The molecule has 3 aromatic heterocycles. The maximum absolute atomic E-state index is 4.53. The molecule has 7 nitrogen and oxygen atoms in total. The van der Waals surface area contributed by atoms with Gasteiger partial charge in [0.25, 0.3) is 0 Å². The van der Waals surface area contributed by atoms with E-state index < -0.39 is 0 Å². The molecule has 0 atom stereocenters. The highest BCUT2D eigenvalue weighted by molar-refractivity contribution is 5.08. The van der Waals surface area contributed by atoms with Crippen LogP contribution in [0.3, 0.4) is 0 Å². The molecule has 4 rings (SSSR count). The Hall–Kier alpha value is -2.54. The number of pyridine rings is 1. The van der Waals surface area contributed by atoms with Gasteiger partial charge in [-0.15, -0.1) is 10.2 Å². The average molecular weight is 380 g/mol. The molecule has 0 amide bonds. The van der Waals surface area contributed by atoms with Gasteiger partial charge in [-0.2, -0.15) is 0 Å². The van der Waals surface area contributed by atoms with Crippen molar-refractivity contribution in [1.82, 2.24) is 34.2 Å². The highest BCUT2D eigenvalue weighted by atomic mass is 15.3. The van der Waals surface area contributed by atoms with E-state index in [1.54, 1.807) is 0 Å². The lowest BCUT2D eigenvalue weighted by Crippen LogP contribution is -2.34. The van der Waals surface area contributed by atoms with Crippen LogP contribution in [0, 0.1) is 6.92 Å². The second-order valence-electron chi connectivity index (χ2n) is 7.72. The number of hydrogen-bond acceptors (Lipinski definition) is 5. The number of hydrogen-bond donors (Lipinski definition) is 0. The van der Waals surface area contributed by atoms with Gasteiger partial charge in [0.05, 0.1) is 6.54 Å². The minimum Gasteiger partial charge on any atom is -0.328 e. The fourth-order valence-electron chi connectivity index (χ4n) is 4.06. The summed E-state index contributed by atoms with van der Waals surface area (Å²) < 4.78 is 4.29. The first-order valence-electron chi connectivity index (χ1n) is 10.2. The summed E-state index contributed by atoms with van der Waals surface area (Å²) in [6.45, 7) is 6.18. The van der Waals surface area contributed by atoms with Gasteiger partial charge in [0.2, 0.25) is 0 Å². The topological polar surface area (TPSA) is 64.7 Å². The summed E-state index contributed by atoms with van der Waals surface area (Å²) in [6, 6.07) is 4.18. The summed E-state index contributed by atoms with van der Waals surface area (Å²) in [6.07, 6.45) is 12.2. The van der Waals surface area contributed by atoms with Crippen molar-refractivity contribution in [2.45, 2.75) is 45.1 Å². The largest absolute Gasteiger partial charge is 0.328 e. The third-order valence-electron chi connectivity index (χ3n) is 5.85. The second-order valence-corrected chi connectivity index (χ2v) is 7.72. The molecule has 0 bridgehead atoms. The third kappa shape index (κ3) is 4.30. The van der Waals surface area contributed by atoms with Crippen molar-refractivity contribution in [3.05, 3.63) is 60.0 Å². The monoisotopic (exact) mass is 379 g/mol. The Bertz CT molecular complexity index is 875. The summed E-state index contributed by atoms with van der Waals surface area (Å²) in [5, 5.41) is 8.98. The lowest BCUT2D eigenvalue weighted by Gasteiger charge is -2.31. The van der Waals surface area contributed by atoms with E-state index in [0.29, 0.717) is 5.92 Å². The zero-order valence-electron chi connectivity index (χ0n) is 16.8. The minimum absolute atomic E-state index is 0.504. The number of piperidine rings is 1. The van der Waals surface area contributed by atoms with Crippen molar-refractivity contribution in [1.29, 1.82) is 0 Å². The van der Waals surface area contributed by atoms with E-state index in [1.165, 1.54) is 12.0 Å². The fourth-order valence-corrected chi connectivity index (χ4v) is 4.06. The molecular formula is C21H29N7. The summed E-state index contributed by atoms with van der Waals surface area (Å²) >= 11 is 0. The van der Waals surface area contributed by atoms with Gasteiger partial charge in [-0.05, 0) is 63.9 Å². The normalized spacial score (nSPS) is 15.9. The van der Waals surface area contributed by atoms with Crippen LogP contribution in [0.2, 0.25) is 0 Å². The van der Waals surface area contributed by atoms with Crippen LogP contribution in [0.5, 0.6) is 0 Å². The molecule has 1 aliphatic heterocycles. The van der Waals surface area contributed by atoms with Crippen molar-refractivity contribution in [2.24, 2.45) is 7.05 Å². The summed E-state index contributed by atoms with van der Waals surface area (Å²) in [4.78, 5) is 11.1. The molecule has 0 N–H and O–H groups in total. The van der Waals surface area contributed by atoms with Crippen molar-refractivity contribution < 1.29 is 0 Å². The molecule has 0 saturated carbocycles. The average Bonchev–Trinajstić information content (AvgIpc) is 3.29. The van der Waals surface area contributed by atoms with Gasteiger partial charge in [-0.25, -0.2) is 4.98 Å². The van der Waals surface area contributed by atoms with Crippen LogP contribution in [0.15, 0.2) is 36.9 Å². The Labute approximate surface area is 166 Å². The Morgan fingerprint density at radius 2 is 2.00 bits per heavy atom. The first kappa shape index (κ1) is 18.8. The van der Waals surface area contributed by atoms with Crippen LogP contribution < -0.4 is 0 Å². The van der Waals surface area contributed by atoms with Gasteiger partial charge in [-0.1, -0.05) is 6.07 Å². The van der Waals surface area contributed by atoms with Crippen LogP contribution in [0.25, 0.3) is 0 Å². The molecule has 0 spiro atoms. The van der Waals surface area contributed by atoms with E-state index in [4.69, 9.17) is 0 Å². The minimum atomic E-state index is 0.504. The number of likely N-dealkylation sites (tertiary alicyclic amines) is 1. The van der Waals surface area contributed by atoms with Gasteiger partial charge >= 0.3 is 0 Å². The lowest BCUT2D eigenvalue weighted by atomic mass is 9.95. The molecule has 1 saturated heterocycles. The zero-order valence-corrected chi connectivity index (χ0v) is 16.8. The summed E-state index contributed by atoms with van der Waals surface area (Å²) in [7, 11) is 2.09. The van der Waals surface area contributed by atoms with Crippen LogP contribution in [0.4, 0.5) is 0 Å². The SMILES string of the molecule is Cc1nccn1Cc1nnc(C2CCN(CCCc3cccnc3)CC2)n1C. The zero-order chi connectivity index (χ0) is 19.3. The number of nitrogens with zero attached hydrogens (tertiary/aromatic N) is 7. The summed E-state index contributed by atoms with van der Waals surface area (Å²) in [5.41, 5.74) is 1.33. The Balaban J connectivity index is 1.27. The van der Waals surface area contributed by atoms with Gasteiger partial charge in [-0.3, -0.25) is 4.98 Å². The molecule has 0 radical (unpaired) electrons. The standard InChI is InChI=1S/C21H29N7/c1-17-23-10-14-28(17)16-20-24-25-21(26(20)2)19-7-12-27(13-8-19)11-4-6-18-5-3-9-22-15-18/h3,5,9-10,14-15,19H,4,6-8,11-13,16H2,1-2H3. The number of aromatic nitrogens is 6. The Kier molecular flexibility index (Phi) is 5.81. The van der Waals surface area contributed by atoms with E-state index >= 15 is 0 Å². The molecule has 28 heavy (non-hydrogen) atoms. The van der Waals surface area contributed by atoms with Crippen LogP contribution >= 0.6 is 0 Å². The van der Waals surface area contributed by atoms with Crippen molar-refractivity contribution in [3.63, 3.8) is 0 Å². The van der Waals surface area contributed by atoms with Gasteiger partial charge in [0.15, 0.2) is 5.82 Å². The third-order valence-corrected chi connectivity index (χ3v) is 5.85. The molecule has 3 aromatic rings. The fraction of sp³-hybridized carbons (Fsp3) is 0.524. The lowest BCUT2D eigenvalue weighted by molar-refractivity contribution is 0.206. The molecular weight excluding hydrogens is 350 g/mol. The molecule has 1 aliphatic rings. The van der Waals surface area contributed by atoms with E-state index in [-0.39, 0.29) is 0 Å². The number of imidazole rings is 1. The second kappa shape index (κ2) is 8.65. The van der Waals surface area contributed by atoms with Crippen molar-refractivity contribution >= 4 is 0 Å². The quantitative estimate of drug-likeness (QED) is 0.631. The Morgan fingerprint density at radius 1 is 1.14 bits per heavy atom. The molecule has 7 heteroatoms. The molecule has 1 fully saturated rings. The molecule has 0 unspecified atom stereocenters. The van der Waals surface area contributed by atoms with E-state index in [0.717, 1.165) is 62.9 Å². The Morgan fingerprint density at radius 3 is 2.71 bits per heavy atom. The highest BCUT2D eigenvalue weighted by Crippen LogP contribution is 2.27. The highest BCUT2D eigenvalue weighted by Gasteiger charge is 2.25. The van der Waals surface area contributed by atoms with Gasteiger partial charge in [0, 0.05) is 37.8 Å². The van der Waals surface area contributed by atoms with Crippen LogP contribution in [-0.2, 0) is 20.0 Å². The van der Waals surface area contributed by atoms with E-state index in [9.17, 15) is 0 Å². The molecule has 4 heterocycles. The first-order valence-corrected chi connectivity index (χ1v) is 10.2. The molecule has 148 valence electrons. The molecule has 0 aromatic carbocycles.